The second kappa shape index (κ2) is 5.55. The lowest BCUT2D eigenvalue weighted by Gasteiger charge is -2.24. The number of aliphatic hydroxyl groups is 1. The smallest absolute Gasteiger partial charge is 0.417 e. The first kappa shape index (κ1) is 15.4. The van der Waals surface area contributed by atoms with Crippen molar-refractivity contribution in [3.05, 3.63) is 11.8 Å². The summed E-state index contributed by atoms with van der Waals surface area (Å²) in [6, 6.07) is 0. The van der Waals surface area contributed by atoms with Crippen molar-refractivity contribution in [1.29, 1.82) is 0 Å². The van der Waals surface area contributed by atoms with Gasteiger partial charge in [0.1, 0.15) is 0 Å². The maximum Gasteiger partial charge on any atom is 0.417 e. The molecule has 0 aromatic carbocycles. The Morgan fingerprint density at radius 2 is 1.95 bits per heavy atom. The highest BCUT2D eigenvalue weighted by Gasteiger charge is 2.51. The first-order valence-corrected chi connectivity index (χ1v) is 5.41. The molecule has 0 amide bonds. The summed E-state index contributed by atoms with van der Waals surface area (Å²) in [7, 11) is 0. The molecule has 9 heteroatoms. The van der Waals surface area contributed by atoms with Crippen LogP contribution in [0.15, 0.2) is 4.42 Å². The van der Waals surface area contributed by atoms with Crippen LogP contribution in [0, 0.1) is 0 Å². The molecule has 0 unspecified atom stereocenters. The average molecular weight is 282 g/mol. The van der Waals surface area contributed by atoms with Crippen LogP contribution >= 0.6 is 0 Å². The fourth-order valence-corrected chi connectivity index (χ4v) is 1.06. The van der Waals surface area contributed by atoms with Crippen LogP contribution in [0.5, 0.6) is 0 Å². The Labute approximate surface area is 106 Å². The van der Waals surface area contributed by atoms with Crippen molar-refractivity contribution in [2.75, 3.05) is 0 Å². The van der Waals surface area contributed by atoms with E-state index in [0.29, 0.717) is 19.2 Å². The Morgan fingerprint density at radius 1 is 1.37 bits per heavy atom. The lowest BCUT2D eigenvalue weighted by molar-refractivity contribution is -0.256. The Morgan fingerprint density at radius 3 is 2.42 bits per heavy atom. The van der Waals surface area contributed by atoms with E-state index >= 15 is 0 Å². The van der Waals surface area contributed by atoms with Gasteiger partial charge >= 0.3 is 12.1 Å². The Hall–Kier alpha value is -1.64. The Kier molecular flexibility index (Phi) is 4.51. The van der Waals surface area contributed by atoms with E-state index in [2.05, 4.69) is 14.9 Å². The summed E-state index contributed by atoms with van der Waals surface area (Å²) in [6.45, 7) is 1.83. The van der Waals surface area contributed by atoms with Crippen molar-refractivity contribution in [3.8, 4) is 0 Å². The predicted molar refractivity (Wildman–Crippen MR) is 54.8 cm³/mol. The number of nitrogens with zero attached hydrogens (tertiary/aromatic N) is 2. The van der Waals surface area contributed by atoms with E-state index in [4.69, 9.17) is 9.52 Å². The molecule has 0 fully saturated rings. The Balaban J connectivity index is 2.48. The van der Waals surface area contributed by atoms with Gasteiger partial charge in [-0.2, -0.15) is 13.2 Å². The first-order chi connectivity index (χ1) is 8.65. The molecule has 6 nitrogen and oxygen atoms in total. The summed E-state index contributed by atoms with van der Waals surface area (Å²) >= 11 is 0. The van der Waals surface area contributed by atoms with Crippen LogP contribution in [-0.2, 0) is 22.6 Å². The number of rotatable bonds is 5. The zero-order valence-corrected chi connectivity index (χ0v) is 10.3. The number of esters is 1. The summed E-state index contributed by atoms with van der Waals surface area (Å²) in [5.41, 5.74) is -3.13. The van der Waals surface area contributed by atoms with Gasteiger partial charge in [0.15, 0.2) is 12.2 Å². The van der Waals surface area contributed by atoms with Gasteiger partial charge in [-0.05, 0) is 6.92 Å². The molecule has 1 N–H and O–H groups in total. The van der Waals surface area contributed by atoms with Gasteiger partial charge < -0.3 is 14.3 Å². The van der Waals surface area contributed by atoms with Gasteiger partial charge in [0, 0.05) is 6.42 Å². The van der Waals surface area contributed by atoms with Crippen LogP contribution in [0.2, 0.25) is 0 Å². The van der Waals surface area contributed by atoms with E-state index in [-0.39, 0.29) is 5.89 Å². The van der Waals surface area contributed by atoms with E-state index < -0.39 is 30.8 Å². The number of halogens is 3. The minimum absolute atomic E-state index is 0.0168. The predicted octanol–water partition coefficient (Wildman–Crippen LogP) is 1.38. The van der Waals surface area contributed by atoms with Gasteiger partial charge in [0.05, 0.1) is 6.42 Å². The summed E-state index contributed by atoms with van der Waals surface area (Å²) in [6.07, 6.45) is -5.62. The third-order valence-corrected chi connectivity index (χ3v) is 2.27. The number of hydrogen-bond acceptors (Lipinski definition) is 6. The maximum absolute atomic E-state index is 12.3. The van der Waals surface area contributed by atoms with Crippen LogP contribution in [0.3, 0.4) is 0 Å². The third-order valence-electron chi connectivity index (χ3n) is 2.27. The molecule has 0 saturated carbocycles. The molecular weight excluding hydrogens is 269 g/mol. The number of carbonyl (C=O) groups is 1. The van der Waals surface area contributed by atoms with Crippen molar-refractivity contribution < 1.29 is 32.2 Å². The van der Waals surface area contributed by atoms with Crippen LogP contribution < -0.4 is 0 Å². The highest BCUT2D eigenvalue weighted by atomic mass is 19.4. The SMILES string of the molecule is CCc1nnc(COC(=O)C[C@@](C)(O)C(F)(F)F)o1. The number of aryl methyl sites for hydroxylation is 1. The molecule has 0 spiro atoms. The van der Waals surface area contributed by atoms with Crippen LogP contribution in [0.25, 0.3) is 0 Å². The van der Waals surface area contributed by atoms with Crippen molar-refractivity contribution in [2.45, 2.75) is 45.1 Å². The average Bonchev–Trinajstić information content (AvgIpc) is 2.72. The van der Waals surface area contributed by atoms with Gasteiger partial charge in [0.25, 0.3) is 5.89 Å². The van der Waals surface area contributed by atoms with Crippen LogP contribution in [-0.4, -0.2) is 33.1 Å². The first-order valence-electron chi connectivity index (χ1n) is 5.41. The van der Waals surface area contributed by atoms with Crippen molar-refractivity contribution in [1.82, 2.24) is 10.2 Å². The van der Waals surface area contributed by atoms with E-state index in [1.54, 1.807) is 6.92 Å². The van der Waals surface area contributed by atoms with Gasteiger partial charge in [-0.3, -0.25) is 4.79 Å². The molecule has 0 aliphatic carbocycles. The van der Waals surface area contributed by atoms with Gasteiger partial charge in [-0.15, -0.1) is 10.2 Å². The lowest BCUT2D eigenvalue weighted by atomic mass is 10.0. The van der Waals surface area contributed by atoms with Crippen molar-refractivity contribution in [3.63, 3.8) is 0 Å². The number of alkyl halides is 3. The zero-order chi connectivity index (χ0) is 14.7. The minimum atomic E-state index is -4.91. The van der Waals surface area contributed by atoms with E-state index in [1.807, 2.05) is 0 Å². The van der Waals surface area contributed by atoms with Crippen LogP contribution in [0.1, 0.15) is 32.0 Å². The molecule has 0 aliphatic heterocycles. The van der Waals surface area contributed by atoms with Crippen molar-refractivity contribution >= 4 is 5.97 Å². The zero-order valence-electron chi connectivity index (χ0n) is 10.3. The summed E-state index contributed by atoms with van der Waals surface area (Å²) in [5, 5.41) is 16.2. The normalized spacial score (nSPS) is 15.1. The molecule has 0 bridgehead atoms. The minimum Gasteiger partial charge on any atom is -0.456 e. The molecule has 0 radical (unpaired) electrons. The molecular formula is C10H13F3N2O4. The second-order valence-electron chi connectivity index (χ2n) is 4.05. The number of hydrogen-bond donors (Lipinski definition) is 1. The number of carbonyl (C=O) groups excluding carboxylic acids is 1. The summed E-state index contributed by atoms with van der Waals surface area (Å²) in [4.78, 5) is 11.2. The fraction of sp³-hybridized carbons (Fsp3) is 0.700. The van der Waals surface area contributed by atoms with Gasteiger partial charge in [0.2, 0.25) is 5.89 Å². The molecule has 1 aromatic rings. The third kappa shape index (κ3) is 4.19. The highest BCUT2D eigenvalue weighted by Crippen LogP contribution is 2.32. The second-order valence-corrected chi connectivity index (χ2v) is 4.05. The van der Waals surface area contributed by atoms with Gasteiger partial charge in [-0.1, -0.05) is 6.92 Å². The van der Waals surface area contributed by atoms with Gasteiger partial charge in [-0.25, -0.2) is 0 Å². The number of ether oxygens (including phenoxy) is 1. The topological polar surface area (TPSA) is 85.5 Å². The number of aromatic nitrogens is 2. The van der Waals surface area contributed by atoms with Crippen LogP contribution in [0.4, 0.5) is 13.2 Å². The largest absolute Gasteiger partial charge is 0.456 e. The van der Waals surface area contributed by atoms with E-state index in [0.717, 1.165) is 0 Å². The standard InChI is InChI=1S/C10H13F3N2O4/c1-3-6-14-15-7(19-6)5-18-8(16)4-9(2,17)10(11,12)13/h17H,3-5H2,1-2H3/t9-/m1/s1. The highest BCUT2D eigenvalue weighted by molar-refractivity contribution is 5.70. The Bertz CT molecular complexity index is 442. The molecule has 1 aromatic heterocycles. The summed E-state index contributed by atoms with van der Waals surface area (Å²) in [5.74, 6) is -0.899. The van der Waals surface area contributed by atoms with E-state index in [9.17, 15) is 18.0 Å². The van der Waals surface area contributed by atoms with E-state index in [1.165, 1.54) is 0 Å². The lowest BCUT2D eigenvalue weighted by Crippen LogP contribution is -2.44. The molecule has 1 rings (SSSR count). The summed E-state index contributed by atoms with van der Waals surface area (Å²) < 4.78 is 46.4. The molecule has 0 aliphatic rings. The maximum atomic E-state index is 12.3. The van der Waals surface area contributed by atoms with Crippen molar-refractivity contribution in [2.24, 2.45) is 0 Å². The molecule has 19 heavy (non-hydrogen) atoms. The molecule has 0 saturated heterocycles. The monoisotopic (exact) mass is 282 g/mol. The fourth-order valence-electron chi connectivity index (χ4n) is 1.06. The molecule has 1 heterocycles. The quantitative estimate of drug-likeness (QED) is 0.821. The molecule has 108 valence electrons. The molecule has 1 atom stereocenters.